The fraction of sp³-hybridized carbons (Fsp3) is 0.480. The topological polar surface area (TPSA) is 83.5 Å². The summed E-state index contributed by atoms with van der Waals surface area (Å²) in [6.07, 6.45) is 8.47. The zero-order chi connectivity index (χ0) is 22.6. The summed E-state index contributed by atoms with van der Waals surface area (Å²) in [5.41, 5.74) is 0.00862. The molecule has 0 spiro atoms. The molecule has 6 heteroatoms. The summed E-state index contributed by atoms with van der Waals surface area (Å²) in [7, 11) is 0. The fourth-order valence-electron chi connectivity index (χ4n) is 4.08. The normalized spacial score (nSPS) is 15.8. The van der Waals surface area contributed by atoms with Crippen molar-refractivity contribution in [2.75, 3.05) is 13.1 Å². The maximum atomic E-state index is 12.3. The molecule has 6 nitrogen and oxygen atoms in total. The van der Waals surface area contributed by atoms with Gasteiger partial charge in [-0.15, -0.1) is 12.3 Å². The lowest BCUT2D eigenvalue weighted by atomic mass is 9.83. The predicted octanol–water partition coefficient (Wildman–Crippen LogP) is 4.49. The number of fused-ring (bicyclic) bond motifs is 1. The number of hydrogen-bond donors (Lipinski definition) is 0. The second kappa shape index (κ2) is 9.27. The molecule has 0 radical (unpaired) electrons. The van der Waals surface area contributed by atoms with Crippen molar-refractivity contribution in [1.82, 2.24) is 4.90 Å². The molecule has 0 saturated carbocycles. The van der Waals surface area contributed by atoms with Crippen molar-refractivity contribution in [2.45, 2.75) is 52.1 Å². The Labute approximate surface area is 182 Å². The summed E-state index contributed by atoms with van der Waals surface area (Å²) >= 11 is 0. The minimum absolute atomic E-state index is 0.0266. The van der Waals surface area contributed by atoms with Crippen LogP contribution in [-0.2, 0) is 11.2 Å². The van der Waals surface area contributed by atoms with Crippen molar-refractivity contribution >= 4 is 17.1 Å². The standard InChI is InChI=1S/C25H28N2O4/c1-5-17(14-18-10-12-27(13-11-18)24(29)31-25(2,3)4)15-20-19-8-6-7-9-22(19)30-23(28)21(20)16-26/h1,6-9,17-18H,10-15H2,2-4H3/t17-/m1/s1. The number of nitriles is 1. The van der Waals surface area contributed by atoms with Crippen LogP contribution in [0.1, 0.15) is 51.2 Å². The van der Waals surface area contributed by atoms with E-state index in [1.54, 1.807) is 17.0 Å². The van der Waals surface area contributed by atoms with Crippen LogP contribution in [0.2, 0.25) is 0 Å². The summed E-state index contributed by atoms with van der Waals surface area (Å²) in [5, 5.41) is 10.3. The summed E-state index contributed by atoms with van der Waals surface area (Å²) in [6, 6.07) is 9.20. The molecule has 0 aliphatic carbocycles. The summed E-state index contributed by atoms with van der Waals surface area (Å²) in [5.74, 6) is 3.11. The maximum absolute atomic E-state index is 12.3. The van der Waals surface area contributed by atoms with Crippen LogP contribution >= 0.6 is 0 Å². The maximum Gasteiger partial charge on any atom is 0.410 e. The summed E-state index contributed by atoms with van der Waals surface area (Å²) in [4.78, 5) is 26.3. The van der Waals surface area contributed by atoms with Gasteiger partial charge in [0.25, 0.3) is 0 Å². The van der Waals surface area contributed by atoms with Gasteiger partial charge >= 0.3 is 11.7 Å². The Morgan fingerprint density at radius 2 is 2.00 bits per heavy atom. The zero-order valence-corrected chi connectivity index (χ0v) is 18.3. The number of piperidine rings is 1. The van der Waals surface area contributed by atoms with E-state index in [4.69, 9.17) is 15.6 Å². The quantitative estimate of drug-likeness (QED) is 0.537. The summed E-state index contributed by atoms with van der Waals surface area (Å²) in [6.45, 7) is 6.85. The van der Waals surface area contributed by atoms with E-state index in [1.807, 2.05) is 39.0 Å². The predicted molar refractivity (Wildman–Crippen MR) is 118 cm³/mol. The fourth-order valence-corrected chi connectivity index (χ4v) is 4.08. The van der Waals surface area contributed by atoms with Crippen LogP contribution in [0.25, 0.3) is 11.0 Å². The molecule has 1 aliphatic rings. The molecule has 1 aromatic carbocycles. The van der Waals surface area contributed by atoms with Crippen LogP contribution in [0.15, 0.2) is 33.5 Å². The minimum Gasteiger partial charge on any atom is -0.444 e. The molecule has 0 N–H and O–H groups in total. The van der Waals surface area contributed by atoms with Crippen molar-refractivity contribution in [2.24, 2.45) is 11.8 Å². The van der Waals surface area contributed by atoms with Gasteiger partial charge in [0.15, 0.2) is 0 Å². The van der Waals surface area contributed by atoms with E-state index in [1.165, 1.54) is 0 Å². The second-order valence-electron chi connectivity index (χ2n) is 9.07. The number of carbonyl (C=O) groups is 1. The largest absolute Gasteiger partial charge is 0.444 e. The Balaban J connectivity index is 1.69. The molecule has 1 amide bonds. The number of carbonyl (C=O) groups excluding carboxylic acids is 1. The highest BCUT2D eigenvalue weighted by atomic mass is 16.6. The number of para-hydroxylation sites is 1. The van der Waals surface area contributed by atoms with Gasteiger partial charge in [-0.2, -0.15) is 5.26 Å². The highest BCUT2D eigenvalue weighted by molar-refractivity contribution is 5.82. The molecule has 31 heavy (non-hydrogen) atoms. The molecule has 1 fully saturated rings. The van der Waals surface area contributed by atoms with E-state index in [0.29, 0.717) is 36.6 Å². The molecule has 1 atom stereocenters. The molecule has 2 aromatic rings. The lowest BCUT2D eigenvalue weighted by Gasteiger charge is -2.34. The molecule has 0 unspecified atom stereocenters. The Bertz CT molecular complexity index is 1090. The zero-order valence-electron chi connectivity index (χ0n) is 18.3. The molecular formula is C25H28N2O4. The first-order valence-corrected chi connectivity index (χ1v) is 10.6. The van der Waals surface area contributed by atoms with Gasteiger partial charge in [0, 0.05) is 24.4 Å². The number of amides is 1. The average Bonchev–Trinajstić information content (AvgIpc) is 2.72. The Kier molecular flexibility index (Phi) is 6.71. The van der Waals surface area contributed by atoms with Crippen LogP contribution in [0.3, 0.4) is 0 Å². The molecule has 162 valence electrons. The van der Waals surface area contributed by atoms with E-state index in [2.05, 4.69) is 5.92 Å². The molecule has 0 bridgehead atoms. The molecule has 2 heterocycles. The van der Waals surface area contributed by atoms with Crippen molar-refractivity contribution in [1.29, 1.82) is 5.26 Å². The Morgan fingerprint density at radius 1 is 1.32 bits per heavy atom. The number of benzene rings is 1. The highest BCUT2D eigenvalue weighted by Crippen LogP contribution is 2.29. The van der Waals surface area contributed by atoms with Gasteiger partial charge in [-0.05, 0) is 64.0 Å². The van der Waals surface area contributed by atoms with Crippen LogP contribution in [0.5, 0.6) is 0 Å². The molecule has 3 rings (SSSR count). The van der Waals surface area contributed by atoms with Gasteiger partial charge in [0.1, 0.15) is 22.8 Å². The van der Waals surface area contributed by atoms with Crippen molar-refractivity contribution in [3.05, 3.63) is 45.8 Å². The minimum atomic E-state index is -0.627. The molecule has 1 aliphatic heterocycles. The van der Waals surface area contributed by atoms with Crippen molar-refractivity contribution in [3.63, 3.8) is 0 Å². The number of likely N-dealkylation sites (tertiary alicyclic amines) is 1. The number of rotatable bonds is 4. The van der Waals surface area contributed by atoms with E-state index < -0.39 is 11.2 Å². The monoisotopic (exact) mass is 420 g/mol. The van der Waals surface area contributed by atoms with Gasteiger partial charge in [0.05, 0.1) is 0 Å². The van der Waals surface area contributed by atoms with E-state index in [0.717, 1.165) is 24.6 Å². The Morgan fingerprint density at radius 3 is 2.61 bits per heavy atom. The molecule has 1 saturated heterocycles. The van der Waals surface area contributed by atoms with Gasteiger partial charge in [-0.3, -0.25) is 0 Å². The lowest BCUT2D eigenvalue weighted by molar-refractivity contribution is 0.0178. The second-order valence-corrected chi connectivity index (χ2v) is 9.07. The first kappa shape index (κ1) is 22.4. The van der Waals surface area contributed by atoms with Crippen LogP contribution in [0.4, 0.5) is 4.79 Å². The summed E-state index contributed by atoms with van der Waals surface area (Å²) < 4.78 is 10.7. The number of nitrogens with zero attached hydrogens (tertiary/aromatic N) is 2. The Hall–Kier alpha value is -3.25. The van der Waals surface area contributed by atoms with Crippen LogP contribution in [-0.4, -0.2) is 29.7 Å². The average molecular weight is 421 g/mol. The highest BCUT2D eigenvalue weighted by Gasteiger charge is 2.28. The SMILES string of the molecule is C#C[C@@H](Cc1c(C#N)c(=O)oc2ccccc12)CC1CCN(C(=O)OC(C)(C)C)CC1. The molecule has 1 aromatic heterocycles. The van der Waals surface area contributed by atoms with E-state index in [-0.39, 0.29) is 17.6 Å². The first-order chi connectivity index (χ1) is 14.7. The lowest BCUT2D eigenvalue weighted by Crippen LogP contribution is -2.42. The van der Waals surface area contributed by atoms with Crippen molar-refractivity contribution in [3.8, 4) is 18.4 Å². The van der Waals surface area contributed by atoms with Gasteiger partial charge in [-0.25, -0.2) is 9.59 Å². The third-order valence-electron chi connectivity index (χ3n) is 5.60. The van der Waals surface area contributed by atoms with Gasteiger partial charge in [-0.1, -0.05) is 18.2 Å². The third kappa shape index (κ3) is 5.47. The number of terminal acetylenes is 1. The number of ether oxygens (including phenoxy) is 1. The first-order valence-electron chi connectivity index (χ1n) is 10.6. The number of hydrogen-bond acceptors (Lipinski definition) is 5. The molecular weight excluding hydrogens is 392 g/mol. The van der Waals surface area contributed by atoms with Crippen molar-refractivity contribution < 1.29 is 13.9 Å². The van der Waals surface area contributed by atoms with Crippen LogP contribution in [0, 0.1) is 35.5 Å². The van der Waals surface area contributed by atoms with Gasteiger partial charge < -0.3 is 14.1 Å². The third-order valence-corrected chi connectivity index (χ3v) is 5.60. The van der Waals surface area contributed by atoms with Crippen LogP contribution < -0.4 is 5.63 Å². The smallest absolute Gasteiger partial charge is 0.410 e. The van der Waals surface area contributed by atoms with E-state index >= 15 is 0 Å². The van der Waals surface area contributed by atoms with E-state index in [9.17, 15) is 14.9 Å². The van der Waals surface area contributed by atoms with Gasteiger partial charge in [0.2, 0.25) is 0 Å².